The molecule has 1 heterocycles. The fourth-order valence-corrected chi connectivity index (χ4v) is 3.42. The first-order valence-electron chi connectivity index (χ1n) is 8.05. The molecule has 0 bridgehead atoms. The van der Waals surface area contributed by atoms with E-state index in [4.69, 9.17) is 4.74 Å². The van der Waals surface area contributed by atoms with Crippen LogP contribution in [0.5, 0.6) is 5.75 Å². The third kappa shape index (κ3) is 5.27. The fourth-order valence-electron chi connectivity index (χ4n) is 2.27. The fraction of sp³-hybridized carbons (Fsp3) is 0.105. The minimum atomic E-state index is -0.407. The highest BCUT2D eigenvalue weighted by molar-refractivity contribution is 9.11. The van der Waals surface area contributed by atoms with E-state index in [0.717, 1.165) is 8.95 Å². The molecule has 138 valence electrons. The summed E-state index contributed by atoms with van der Waals surface area (Å²) in [6, 6.07) is 17.4. The summed E-state index contributed by atoms with van der Waals surface area (Å²) >= 11 is 6.75. The predicted molar refractivity (Wildman–Crippen MR) is 110 cm³/mol. The van der Waals surface area contributed by atoms with Gasteiger partial charge < -0.3 is 10.1 Å². The number of nitrogens with one attached hydrogen (secondary N) is 1. The Labute approximate surface area is 172 Å². The SMILES string of the molecule is O=C(Nc1ccc(Br)cc1Br)c1ccc(=O)n(CCOc2ccccc2)n1. The topological polar surface area (TPSA) is 73.2 Å². The van der Waals surface area contributed by atoms with Crippen LogP contribution in [0.2, 0.25) is 0 Å². The maximum atomic E-state index is 12.5. The summed E-state index contributed by atoms with van der Waals surface area (Å²) in [5, 5.41) is 6.90. The zero-order valence-corrected chi connectivity index (χ0v) is 17.2. The van der Waals surface area contributed by atoms with Gasteiger partial charge >= 0.3 is 0 Å². The van der Waals surface area contributed by atoms with Crippen LogP contribution in [0, 0.1) is 0 Å². The molecule has 0 spiro atoms. The molecule has 27 heavy (non-hydrogen) atoms. The summed E-state index contributed by atoms with van der Waals surface area (Å²) < 4.78 is 8.41. The molecule has 2 aromatic carbocycles. The smallest absolute Gasteiger partial charge is 0.276 e. The van der Waals surface area contributed by atoms with Crippen molar-refractivity contribution >= 4 is 43.5 Å². The number of carbonyl (C=O) groups excluding carboxylic acids is 1. The number of carbonyl (C=O) groups is 1. The quantitative estimate of drug-likeness (QED) is 0.562. The monoisotopic (exact) mass is 491 g/mol. The summed E-state index contributed by atoms with van der Waals surface area (Å²) in [5.41, 5.74) is 0.451. The predicted octanol–water partition coefficient (Wildman–Crippen LogP) is 4.10. The van der Waals surface area contributed by atoms with E-state index in [0.29, 0.717) is 11.4 Å². The number of amides is 1. The number of nitrogens with zero attached hydrogens (tertiary/aromatic N) is 2. The van der Waals surface area contributed by atoms with Gasteiger partial charge in [-0.2, -0.15) is 5.10 Å². The van der Waals surface area contributed by atoms with E-state index in [1.165, 1.54) is 16.8 Å². The lowest BCUT2D eigenvalue weighted by Crippen LogP contribution is -2.28. The van der Waals surface area contributed by atoms with Crippen LogP contribution in [0.15, 0.2) is 74.4 Å². The molecule has 0 unspecified atom stereocenters. The number of anilines is 1. The number of para-hydroxylation sites is 1. The van der Waals surface area contributed by atoms with Crippen molar-refractivity contribution in [3.63, 3.8) is 0 Å². The van der Waals surface area contributed by atoms with E-state index in [9.17, 15) is 9.59 Å². The Morgan fingerprint density at radius 3 is 2.59 bits per heavy atom. The Morgan fingerprint density at radius 2 is 1.85 bits per heavy atom. The average Bonchev–Trinajstić information content (AvgIpc) is 2.66. The Balaban J connectivity index is 1.68. The van der Waals surface area contributed by atoms with Crippen LogP contribution in [0.3, 0.4) is 0 Å². The molecular formula is C19H15Br2N3O3. The molecule has 0 aliphatic heterocycles. The number of benzene rings is 2. The Bertz CT molecular complexity index is 1010. The van der Waals surface area contributed by atoms with Crippen molar-refractivity contribution in [1.82, 2.24) is 9.78 Å². The second-order valence-electron chi connectivity index (χ2n) is 5.52. The standard InChI is InChI=1S/C19H15Br2N3O3/c20-13-6-7-16(15(21)12-13)22-19(26)17-8-9-18(25)24(23-17)10-11-27-14-4-2-1-3-5-14/h1-9,12H,10-11H2,(H,22,26). The molecule has 0 saturated carbocycles. The summed E-state index contributed by atoms with van der Waals surface area (Å²) in [5.74, 6) is 0.301. The van der Waals surface area contributed by atoms with E-state index in [1.54, 1.807) is 6.07 Å². The van der Waals surface area contributed by atoms with Crippen molar-refractivity contribution in [3.05, 3.63) is 85.7 Å². The van der Waals surface area contributed by atoms with Crippen LogP contribution in [-0.2, 0) is 6.54 Å². The maximum Gasteiger partial charge on any atom is 0.276 e. The third-order valence-corrected chi connectivity index (χ3v) is 4.74. The number of halogens is 2. The molecule has 0 fully saturated rings. The second kappa shape index (κ2) is 8.96. The first-order valence-corrected chi connectivity index (χ1v) is 9.64. The van der Waals surface area contributed by atoms with E-state index < -0.39 is 5.91 Å². The molecule has 0 saturated heterocycles. The minimum Gasteiger partial charge on any atom is -0.492 e. The summed E-state index contributed by atoms with van der Waals surface area (Å²) in [6.07, 6.45) is 0. The van der Waals surface area contributed by atoms with Crippen LogP contribution in [-0.4, -0.2) is 22.3 Å². The summed E-state index contributed by atoms with van der Waals surface area (Å²) in [6.45, 7) is 0.497. The molecule has 3 aromatic rings. The normalized spacial score (nSPS) is 10.4. The van der Waals surface area contributed by atoms with E-state index in [-0.39, 0.29) is 24.4 Å². The van der Waals surface area contributed by atoms with E-state index in [2.05, 4.69) is 42.3 Å². The molecule has 0 atom stereocenters. The van der Waals surface area contributed by atoms with Gasteiger partial charge in [-0.3, -0.25) is 9.59 Å². The lowest BCUT2D eigenvalue weighted by molar-refractivity contribution is 0.101. The second-order valence-corrected chi connectivity index (χ2v) is 7.29. The van der Waals surface area contributed by atoms with Crippen molar-refractivity contribution in [2.45, 2.75) is 6.54 Å². The number of aromatic nitrogens is 2. The Hall–Kier alpha value is -2.45. The highest BCUT2D eigenvalue weighted by Gasteiger charge is 2.12. The van der Waals surface area contributed by atoms with Gasteiger partial charge in [-0.05, 0) is 52.3 Å². The van der Waals surface area contributed by atoms with Crippen molar-refractivity contribution in [2.75, 3.05) is 11.9 Å². The first kappa shape index (κ1) is 19.3. The van der Waals surface area contributed by atoms with Crippen molar-refractivity contribution in [3.8, 4) is 5.75 Å². The lowest BCUT2D eigenvalue weighted by Gasteiger charge is -2.10. The molecule has 8 heteroatoms. The van der Waals surface area contributed by atoms with Crippen LogP contribution in [0.25, 0.3) is 0 Å². The molecule has 6 nitrogen and oxygen atoms in total. The average molecular weight is 493 g/mol. The zero-order chi connectivity index (χ0) is 19.2. The van der Waals surface area contributed by atoms with Gasteiger partial charge in [0.15, 0.2) is 0 Å². The highest BCUT2D eigenvalue weighted by Crippen LogP contribution is 2.26. The van der Waals surface area contributed by atoms with E-state index in [1.807, 2.05) is 42.5 Å². The van der Waals surface area contributed by atoms with E-state index >= 15 is 0 Å². The summed E-state index contributed by atoms with van der Waals surface area (Å²) in [4.78, 5) is 24.4. The number of hydrogen-bond acceptors (Lipinski definition) is 4. The largest absolute Gasteiger partial charge is 0.492 e. The third-order valence-electron chi connectivity index (χ3n) is 3.59. The zero-order valence-electron chi connectivity index (χ0n) is 14.1. The number of hydrogen-bond donors (Lipinski definition) is 1. The van der Waals surface area contributed by atoms with Crippen LogP contribution < -0.4 is 15.6 Å². The maximum absolute atomic E-state index is 12.5. The van der Waals surface area contributed by atoms with Crippen LogP contribution >= 0.6 is 31.9 Å². The molecule has 1 N–H and O–H groups in total. The van der Waals surface area contributed by atoms with Crippen LogP contribution in [0.4, 0.5) is 5.69 Å². The van der Waals surface area contributed by atoms with Crippen molar-refractivity contribution < 1.29 is 9.53 Å². The molecule has 1 amide bonds. The van der Waals surface area contributed by atoms with Gasteiger partial charge in [0, 0.05) is 15.0 Å². The van der Waals surface area contributed by atoms with Gasteiger partial charge in [-0.25, -0.2) is 4.68 Å². The highest BCUT2D eigenvalue weighted by atomic mass is 79.9. The molecule has 0 aliphatic rings. The van der Waals surface area contributed by atoms with Crippen molar-refractivity contribution in [1.29, 1.82) is 0 Å². The molecule has 0 aliphatic carbocycles. The molecule has 0 radical (unpaired) electrons. The van der Waals surface area contributed by atoms with Gasteiger partial charge in [0.25, 0.3) is 11.5 Å². The van der Waals surface area contributed by atoms with Gasteiger partial charge in [0.05, 0.1) is 12.2 Å². The first-order chi connectivity index (χ1) is 13.0. The van der Waals surface area contributed by atoms with Gasteiger partial charge in [-0.1, -0.05) is 34.1 Å². The molecule has 1 aromatic heterocycles. The molecular weight excluding hydrogens is 478 g/mol. The van der Waals surface area contributed by atoms with Gasteiger partial charge in [0.2, 0.25) is 0 Å². The van der Waals surface area contributed by atoms with Gasteiger partial charge in [0.1, 0.15) is 18.1 Å². The number of ether oxygens (including phenoxy) is 1. The number of rotatable bonds is 6. The minimum absolute atomic E-state index is 0.143. The molecule has 3 rings (SSSR count). The van der Waals surface area contributed by atoms with Gasteiger partial charge in [-0.15, -0.1) is 0 Å². The van der Waals surface area contributed by atoms with Crippen molar-refractivity contribution in [2.24, 2.45) is 0 Å². The summed E-state index contributed by atoms with van der Waals surface area (Å²) in [7, 11) is 0. The van der Waals surface area contributed by atoms with Crippen LogP contribution in [0.1, 0.15) is 10.5 Å². The Morgan fingerprint density at radius 1 is 1.07 bits per heavy atom. The lowest BCUT2D eigenvalue weighted by atomic mass is 10.3. The Kier molecular flexibility index (Phi) is 6.41.